The molecule has 6 heteroatoms. The molecular formula is C11H17ClN4O. The Bertz CT molecular complexity index is 395. The Labute approximate surface area is 106 Å². The Morgan fingerprint density at radius 2 is 2.18 bits per heavy atom. The largest absolute Gasteiger partial charge is 0.361 e. The molecule has 0 fully saturated rings. The van der Waals surface area contributed by atoms with E-state index < -0.39 is 0 Å². The topological polar surface area (TPSA) is 58.1 Å². The van der Waals surface area contributed by atoms with E-state index in [-0.39, 0.29) is 12.5 Å². The first-order valence-electron chi connectivity index (χ1n) is 5.50. The van der Waals surface area contributed by atoms with E-state index in [9.17, 15) is 4.79 Å². The van der Waals surface area contributed by atoms with Crippen LogP contribution in [0.5, 0.6) is 0 Å². The monoisotopic (exact) mass is 256 g/mol. The van der Waals surface area contributed by atoms with Gasteiger partial charge in [0.25, 0.3) is 0 Å². The summed E-state index contributed by atoms with van der Waals surface area (Å²) in [5.41, 5.74) is 0. The highest BCUT2D eigenvalue weighted by atomic mass is 35.5. The lowest BCUT2D eigenvalue weighted by Gasteiger charge is -2.11. The van der Waals surface area contributed by atoms with Crippen LogP contribution >= 0.6 is 11.6 Å². The van der Waals surface area contributed by atoms with Crippen molar-refractivity contribution in [1.82, 2.24) is 14.9 Å². The van der Waals surface area contributed by atoms with Crippen LogP contribution in [0, 0.1) is 0 Å². The van der Waals surface area contributed by atoms with E-state index in [1.54, 1.807) is 20.2 Å². The molecule has 1 heterocycles. The highest BCUT2D eigenvalue weighted by Crippen LogP contribution is 2.12. The van der Waals surface area contributed by atoms with Crippen LogP contribution in [0.1, 0.15) is 19.2 Å². The number of nitrogens with zero attached hydrogens (tertiary/aromatic N) is 3. The minimum absolute atomic E-state index is 0.0169. The van der Waals surface area contributed by atoms with Crippen LogP contribution in [0.3, 0.4) is 0 Å². The minimum Gasteiger partial charge on any atom is -0.361 e. The fourth-order valence-electron chi connectivity index (χ4n) is 1.21. The Kier molecular flexibility index (Phi) is 5.15. The number of aryl methyl sites for hydroxylation is 1. The van der Waals surface area contributed by atoms with Gasteiger partial charge in [0.1, 0.15) is 16.8 Å². The van der Waals surface area contributed by atoms with Crippen molar-refractivity contribution in [1.29, 1.82) is 0 Å². The fourth-order valence-corrected chi connectivity index (χ4v) is 1.42. The van der Waals surface area contributed by atoms with Gasteiger partial charge in [-0.3, -0.25) is 4.79 Å². The lowest BCUT2D eigenvalue weighted by atomic mass is 10.3. The number of halogens is 1. The molecule has 1 N–H and O–H groups in total. The van der Waals surface area contributed by atoms with Crippen LogP contribution in [0.15, 0.2) is 6.07 Å². The maximum atomic E-state index is 11.4. The van der Waals surface area contributed by atoms with Crippen LogP contribution in [-0.2, 0) is 11.2 Å². The van der Waals surface area contributed by atoms with E-state index in [0.717, 1.165) is 12.8 Å². The molecular weight excluding hydrogens is 240 g/mol. The van der Waals surface area contributed by atoms with Crippen molar-refractivity contribution in [2.45, 2.75) is 19.8 Å². The number of anilines is 1. The zero-order valence-electron chi connectivity index (χ0n) is 10.3. The molecule has 0 aliphatic heterocycles. The molecule has 1 amide bonds. The molecule has 94 valence electrons. The fraction of sp³-hybridized carbons (Fsp3) is 0.545. The summed E-state index contributed by atoms with van der Waals surface area (Å²) in [4.78, 5) is 21.3. The van der Waals surface area contributed by atoms with Gasteiger partial charge >= 0.3 is 0 Å². The van der Waals surface area contributed by atoms with Gasteiger partial charge in [-0.1, -0.05) is 18.5 Å². The molecule has 0 aliphatic rings. The van der Waals surface area contributed by atoms with Crippen molar-refractivity contribution < 1.29 is 4.79 Å². The van der Waals surface area contributed by atoms with Crippen molar-refractivity contribution in [3.05, 3.63) is 17.0 Å². The van der Waals surface area contributed by atoms with Gasteiger partial charge in [0, 0.05) is 26.6 Å². The Morgan fingerprint density at radius 1 is 1.47 bits per heavy atom. The summed E-state index contributed by atoms with van der Waals surface area (Å²) < 4.78 is 0. The number of carbonyl (C=O) groups excluding carboxylic acids is 1. The summed E-state index contributed by atoms with van der Waals surface area (Å²) >= 11 is 5.88. The zero-order valence-corrected chi connectivity index (χ0v) is 11.1. The molecule has 17 heavy (non-hydrogen) atoms. The molecule has 1 aromatic heterocycles. The first-order chi connectivity index (χ1) is 8.02. The SMILES string of the molecule is CCCc1nc(Cl)cc(NCC(=O)N(C)C)n1. The maximum Gasteiger partial charge on any atom is 0.241 e. The van der Waals surface area contributed by atoms with E-state index in [2.05, 4.69) is 15.3 Å². The van der Waals surface area contributed by atoms with Crippen molar-refractivity contribution in [3.63, 3.8) is 0 Å². The van der Waals surface area contributed by atoms with Gasteiger partial charge in [0.15, 0.2) is 0 Å². The van der Waals surface area contributed by atoms with Gasteiger partial charge in [-0.2, -0.15) is 0 Å². The Balaban J connectivity index is 2.67. The normalized spacial score (nSPS) is 10.1. The number of amides is 1. The summed E-state index contributed by atoms with van der Waals surface area (Å²) in [7, 11) is 3.42. The second kappa shape index (κ2) is 6.39. The predicted octanol–water partition coefficient (Wildman–Crippen LogP) is 1.58. The van der Waals surface area contributed by atoms with Gasteiger partial charge in [-0.25, -0.2) is 9.97 Å². The average Bonchev–Trinajstić information content (AvgIpc) is 2.25. The Morgan fingerprint density at radius 3 is 2.76 bits per heavy atom. The lowest BCUT2D eigenvalue weighted by molar-refractivity contribution is -0.126. The summed E-state index contributed by atoms with van der Waals surface area (Å²) in [6.45, 7) is 2.25. The summed E-state index contributed by atoms with van der Waals surface area (Å²) in [6.07, 6.45) is 1.73. The predicted molar refractivity (Wildman–Crippen MR) is 68.2 cm³/mol. The van der Waals surface area contributed by atoms with Crippen LogP contribution < -0.4 is 5.32 Å². The number of nitrogens with one attached hydrogen (secondary N) is 1. The summed E-state index contributed by atoms with van der Waals surface area (Å²) in [5, 5.41) is 3.33. The third-order valence-corrected chi connectivity index (χ3v) is 2.33. The zero-order chi connectivity index (χ0) is 12.8. The third kappa shape index (κ3) is 4.56. The van der Waals surface area contributed by atoms with Gasteiger partial charge in [-0.15, -0.1) is 0 Å². The number of hydrogen-bond acceptors (Lipinski definition) is 4. The lowest BCUT2D eigenvalue weighted by Crippen LogP contribution is -2.28. The van der Waals surface area contributed by atoms with Crippen molar-refractivity contribution in [2.75, 3.05) is 26.0 Å². The van der Waals surface area contributed by atoms with Crippen LogP contribution in [0.4, 0.5) is 5.82 Å². The molecule has 0 unspecified atom stereocenters. The van der Waals surface area contributed by atoms with Crippen LogP contribution in [0.2, 0.25) is 5.15 Å². The molecule has 1 aromatic rings. The third-order valence-electron chi connectivity index (χ3n) is 2.13. The van der Waals surface area contributed by atoms with E-state index in [4.69, 9.17) is 11.6 Å². The average molecular weight is 257 g/mol. The van der Waals surface area contributed by atoms with Crippen molar-refractivity contribution in [3.8, 4) is 0 Å². The van der Waals surface area contributed by atoms with E-state index in [1.165, 1.54) is 4.90 Å². The molecule has 0 atom stereocenters. The molecule has 0 bridgehead atoms. The van der Waals surface area contributed by atoms with Crippen molar-refractivity contribution in [2.24, 2.45) is 0 Å². The molecule has 5 nitrogen and oxygen atoms in total. The number of rotatable bonds is 5. The number of aromatic nitrogens is 2. The van der Waals surface area contributed by atoms with Crippen molar-refractivity contribution >= 4 is 23.3 Å². The smallest absolute Gasteiger partial charge is 0.241 e. The molecule has 0 saturated carbocycles. The first kappa shape index (κ1) is 13.7. The molecule has 0 radical (unpaired) electrons. The number of hydrogen-bond donors (Lipinski definition) is 1. The number of carbonyl (C=O) groups is 1. The van der Waals surface area contributed by atoms with E-state index in [0.29, 0.717) is 16.8 Å². The summed E-state index contributed by atoms with van der Waals surface area (Å²) in [6, 6.07) is 1.61. The highest BCUT2D eigenvalue weighted by Gasteiger charge is 2.06. The van der Waals surface area contributed by atoms with Gasteiger partial charge < -0.3 is 10.2 Å². The van der Waals surface area contributed by atoms with Crippen LogP contribution in [0.25, 0.3) is 0 Å². The van der Waals surface area contributed by atoms with Gasteiger partial charge in [0.05, 0.1) is 6.54 Å². The highest BCUT2D eigenvalue weighted by molar-refractivity contribution is 6.29. The number of likely N-dealkylation sites (N-methyl/N-ethyl adjacent to an activating group) is 1. The molecule has 0 spiro atoms. The minimum atomic E-state index is -0.0169. The van der Waals surface area contributed by atoms with E-state index in [1.807, 2.05) is 6.92 Å². The van der Waals surface area contributed by atoms with Crippen LogP contribution in [-0.4, -0.2) is 41.4 Å². The second-order valence-electron chi connectivity index (χ2n) is 3.88. The van der Waals surface area contributed by atoms with Gasteiger partial charge in [0.2, 0.25) is 5.91 Å². The molecule has 0 aliphatic carbocycles. The second-order valence-corrected chi connectivity index (χ2v) is 4.27. The van der Waals surface area contributed by atoms with Gasteiger partial charge in [-0.05, 0) is 6.42 Å². The standard InChI is InChI=1S/C11H17ClN4O/c1-4-5-9-14-8(12)6-10(15-9)13-7-11(17)16(2)3/h6H,4-5,7H2,1-3H3,(H,13,14,15). The van der Waals surface area contributed by atoms with E-state index >= 15 is 0 Å². The first-order valence-corrected chi connectivity index (χ1v) is 5.88. The Hall–Kier alpha value is -1.36. The maximum absolute atomic E-state index is 11.4. The quantitative estimate of drug-likeness (QED) is 0.813. The summed E-state index contributed by atoms with van der Waals surface area (Å²) in [5.74, 6) is 1.26. The molecule has 0 aromatic carbocycles. The molecule has 0 saturated heterocycles. The molecule has 1 rings (SSSR count).